The van der Waals surface area contributed by atoms with Crippen LogP contribution in [0.4, 0.5) is 5.69 Å². The molecule has 0 amide bonds. The summed E-state index contributed by atoms with van der Waals surface area (Å²) in [5.41, 5.74) is 7.68. The van der Waals surface area contributed by atoms with Crippen LogP contribution in [0.2, 0.25) is 0 Å². The first kappa shape index (κ1) is 16.7. The lowest BCUT2D eigenvalue weighted by Crippen LogP contribution is -2.35. The van der Waals surface area contributed by atoms with Crippen molar-refractivity contribution in [3.05, 3.63) is 95.0 Å². The Hall–Kier alpha value is -3.90. The molecule has 5 rings (SSSR count). The fourth-order valence-corrected chi connectivity index (χ4v) is 4.56. The van der Waals surface area contributed by atoms with Crippen LogP contribution in [0.25, 0.3) is 49.2 Å². The molecule has 2 aromatic heterocycles. The van der Waals surface area contributed by atoms with Crippen molar-refractivity contribution in [3.8, 4) is 22.4 Å². The summed E-state index contributed by atoms with van der Waals surface area (Å²) in [5.74, 6) is -1.78. The van der Waals surface area contributed by atoms with Crippen molar-refractivity contribution in [2.24, 2.45) is 7.05 Å². The lowest BCUT2D eigenvalue weighted by Gasteiger charge is -2.13. The maximum atomic E-state index is 8.72. The van der Waals surface area contributed by atoms with Crippen LogP contribution >= 0.6 is 0 Å². The lowest BCUT2D eigenvalue weighted by atomic mass is 9.91. The largest absolute Gasteiger partial charge is 0.456 e. The molecule has 3 heteroatoms. The van der Waals surface area contributed by atoms with Crippen molar-refractivity contribution < 1.29 is 14.5 Å². The fraction of sp³-hybridized carbons (Fsp3) is 0.200. The highest BCUT2D eigenvalue weighted by molar-refractivity contribution is 6.17. The standard InChI is InChI=1S/C30H27N2O/c1-18(2)22-15-20(4)32(6)26(16-22)28-19(3)14-25(21-10-8-7-9-11-21)29-24-13-12-23(31-5)17-27(24)33-30(28)29/h7-18H,1-4,6H3/q+1/i1D3,18D. The molecule has 0 N–H and O–H groups in total. The summed E-state index contributed by atoms with van der Waals surface area (Å²) >= 11 is 0. The van der Waals surface area contributed by atoms with Gasteiger partial charge in [-0.15, -0.1) is 0 Å². The van der Waals surface area contributed by atoms with Gasteiger partial charge in [-0.2, -0.15) is 4.57 Å². The van der Waals surface area contributed by atoms with Gasteiger partial charge < -0.3 is 4.42 Å². The number of rotatable bonds is 3. The van der Waals surface area contributed by atoms with Gasteiger partial charge in [0.1, 0.15) is 18.2 Å². The molecule has 5 aromatic rings. The van der Waals surface area contributed by atoms with Crippen molar-refractivity contribution in [2.45, 2.75) is 33.5 Å². The molecule has 162 valence electrons. The minimum atomic E-state index is -2.49. The Morgan fingerprint density at radius 2 is 1.85 bits per heavy atom. The molecule has 0 aliphatic heterocycles. The van der Waals surface area contributed by atoms with Crippen molar-refractivity contribution in [1.82, 2.24) is 0 Å². The van der Waals surface area contributed by atoms with Crippen LogP contribution in [-0.4, -0.2) is 0 Å². The summed E-state index contributed by atoms with van der Waals surface area (Å²) in [7, 11) is 1.93. The van der Waals surface area contributed by atoms with E-state index in [1.165, 1.54) is 6.92 Å². The van der Waals surface area contributed by atoms with E-state index in [9.17, 15) is 0 Å². The predicted octanol–water partition coefficient (Wildman–Crippen LogP) is 8.04. The van der Waals surface area contributed by atoms with Gasteiger partial charge in [-0.3, -0.25) is 0 Å². The number of hydrogen-bond acceptors (Lipinski definition) is 1. The number of hydrogen-bond donors (Lipinski definition) is 0. The number of nitrogens with zero attached hydrogens (tertiary/aromatic N) is 2. The van der Waals surface area contributed by atoms with Gasteiger partial charge >= 0.3 is 0 Å². The number of benzene rings is 3. The molecule has 0 aliphatic rings. The molecular formula is C30H27N2O+. The molecule has 3 aromatic carbocycles. The van der Waals surface area contributed by atoms with Gasteiger partial charge in [0.2, 0.25) is 5.69 Å². The summed E-state index contributed by atoms with van der Waals surface area (Å²) < 4.78 is 41.1. The van der Waals surface area contributed by atoms with E-state index in [0.717, 1.165) is 44.4 Å². The van der Waals surface area contributed by atoms with E-state index in [1.807, 2.05) is 49.7 Å². The zero-order chi connectivity index (χ0) is 26.7. The predicted molar refractivity (Wildman–Crippen MR) is 136 cm³/mol. The zero-order valence-electron chi connectivity index (χ0n) is 23.2. The van der Waals surface area contributed by atoms with Gasteiger partial charge in [0.15, 0.2) is 11.4 Å². The fourth-order valence-electron chi connectivity index (χ4n) is 4.56. The first-order chi connectivity index (χ1) is 17.4. The first-order valence-corrected chi connectivity index (χ1v) is 10.9. The molecule has 2 heterocycles. The van der Waals surface area contributed by atoms with Crippen LogP contribution in [0.5, 0.6) is 0 Å². The Morgan fingerprint density at radius 1 is 1.06 bits per heavy atom. The Balaban J connectivity index is 1.92. The molecule has 0 spiro atoms. The third kappa shape index (κ3) is 3.39. The molecule has 0 fully saturated rings. The van der Waals surface area contributed by atoms with Crippen molar-refractivity contribution in [2.75, 3.05) is 0 Å². The minimum absolute atomic E-state index is 0.421. The van der Waals surface area contributed by atoms with Crippen LogP contribution in [-0.2, 0) is 7.05 Å². The normalized spacial score (nSPS) is 15.4. The van der Waals surface area contributed by atoms with Crippen molar-refractivity contribution in [1.29, 1.82) is 0 Å². The number of pyridine rings is 1. The van der Waals surface area contributed by atoms with E-state index in [-0.39, 0.29) is 0 Å². The van der Waals surface area contributed by atoms with Gasteiger partial charge in [0, 0.05) is 35.3 Å². The maximum absolute atomic E-state index is 8.72. The summed E-state index contributed by atoms with van der Waals surface area (Å²) in [6.07, 6.45) is 0. The summed E-state index contributed by atoms with van der Waals surface area (Å²) in [4.78, 5) is 3.57. The average molecular weight is 436 g/mol. The van der Waals surface area contributed by atoms with E-state index < -0.39 is 12.7 Å². The molecule has 1 unspecified atom stereocenters. The minimum Gasteiger partial charge on any atom is -0.456 e. The molecule has 3 nitrogen and oxygen atoms in total. The second kappa shape index (κ2) is 7.90. The second-order valence-corrected chi connectivity index (χ2v) is 8.54. The lowest BCUT2D eigenvalue weighted by molar-refractivity contribution is -0.666. The highest BCUT2D eigenvalue weighted by atomic mass is 16.3. The molecule has 0 saturated heterocycles. The maximum Gasteiger partial charge on any atom is 0.216 e. The first-order valence-electron chi connectivity index (χ1n) is 12.9. The van der Waals surface area contributed by atoms with Crippen molar-refractivity contribution >= 4 is 27.6 Å². The van der Waals surface area contributed by atoms with Crippen LogP contribution in [0.3, 0.4) is 0 Å². The summed E-state index contributed by atoms with van der Waals surface area (Å²) in [6, 6.07) is 21.3. The SMILES string of the molecule is [2H]C([2H])([2H])C([2H])(C)c1cc(C)[n+](C)c(-c2c(C)cc(-c3ccccc3)c3c2oc2cc([N+]#[C-])ccc23)c1. The Kier molecular flexibility index (Phi) is 4.00. The second-order valence-electron chi connectivity index (χ2n) is 8.54. The van der Waals surface area contributed by atoms with E-state index in [0.29, 0.717) is 22.4 Å². The van der Waals surface area contributed by atoms with E-state index in [4.69, 9.17) is 16.5 Å². The van der Waals surface area contributed by atoms with Crippen LogP contribution in [0, 0.1) is 20.4 Å². The summed E-state index contributed by atoms with van der Waals surface area (Å²) in [6.45, 7) is 10.3. The molecular weight excluding hydrogens is 404 g/mol. The molecule has 33 heavy (non-hydrogen) atoms. The van der Waals surface area contributed by atoms with Gasteiger partial charge in [-0.05, 0) is 47.2 Å². The quantitative estimate of drug-likeness (QED) is 0.208. The number of aryl methyl sites for hydroxylation is 2. The van der Waals surface area contributed by atoms with E-state index in [2.05, 4.69) is 23.0 Å². The van der Waals surface area contributed by atoms with E-state index in [1.54, 1.807) is 24.3 Å². The van der Waals surface area contributed by atoms with Crippen LogP contribution in [0.15, 0.2) is 71.1 Å². The van der Waals surface area contributed by atoms with Crippen LogP contribution < -0.4 is 4.57 Å². The molecule has 0 saturated carbocycles. The molecule has 1 atom stereocenters. The number of aromatic nitrogens is 1. The third-order valence-corrected chi connectivity index (χ3v) is 6.38. The monoisotopic (exact) mass is 435 g/mol. The van der Waals surface area contributed by atoms with Crippen molar-refractivity contribution in [3.63, 3.8) is 0 Å². The number of fused-ring (bicyclic) bond motifs is 3. The smallest absolute Gasteiger partial charge is 0.216 e. The average Bonchev–Trinajstić information content (AvgIpc) is 3.23. The highest BCUT2D eigenvalue weighted by Crippen LogP contribution is 2.44. The summed E-state index contributed by atoms with van der Waals surface area (Å²) in [5, 5.41) is 1.84. The van der Waals surface area contributed by atoms with Gasteiger partial charge in [0.05, 0.1) is 12.1 Å². The molecule has 0 bridgehead atoms. The topological polar surface area (TPSA) is 21.4 Å². The Morgan fingerprint density at radius 3 is 2.58 bits per heavy atom. The van der Waals surface area contributed by atoms with Crippen LogP contribution in [0.1, 0.15) is 42.0 Å². The Labute approximate surface area is 200 Å². The number of furan rings is 1. The zero-order valence-corrected chi connectivity index (χ0v) is 19.2. The van der Waals surface area contributed by atoms with E-state index >= 15 is 0 Å². The molecule has 0 aliphatic carbocycles. The van der Waals surface area contributed by atoms with Gasteiger partial charge in [0.25, 0.3) is 0 Å². The highest BCUT2D eigenvalue weighted by Gasteiger charge is 2.25. The Bertz CT molecular complexity index is 1730. The van der Waals surface area contributed by atoms with Gasteiger partial charge in [-0.25, -0.2) is 4.85 Å². The van der Waals surface area contributed by atoms with Gasteiger partial charge in [-0.1, -0.05) is 56.2 Å². The molecule has 0 radical (unpaired) electrons. The third-order valence-electron chi connectivity index (χ3n) is 6.38.